The van der Waals surface area contributed by atoms with Crippen LogP contribution < -0.4 is 10.6 Å². The lowest BCUT2D eigenvalue weighted by atomic mass is 9.90. The molecule has 0 bridgehead atoms. The van der Waals surface area contributed by atoms with Gasteiger partial charge in [0.25, 0.3) is 5.91 Å². The highest BCUT2D eigenvalue weighted by atomic mass is 19.1. The molecule has 17 heavy (non-hydrogen) atoms. The number of halogens is 1. The third kappa shape index (κ3) is 2.82. The van der Waals surface area contributed by atoms with Gasteiger partial charge in [-0.2, -0.15) is 0 Å². The molecule has 1 unspecified atom stereocenters. The summed E-state index contributed by atoms with van der Waals surface area (Å²) in [6.45, 7) is 4.57. The van der Waals surface area contributed by atoms with Crippen molar-refractivity contribution >= 4 is 5.91 Å². The molecular weight excluding hydrogens is 219 g/mol. The highest BCUT2D eigenvalue weighted by Gasteiger charge is 2.29. The quantitative estimate of drug-likeness (QED) is 0.836. The topological polar surface area (TPSA) is 41.1 Å². The zero-order valence-corrected chi connectivity index (χ0v) is 9.92. The Hall–Kier alpha value is -1.42. The fourth-order valence-corrected chi connectivity index (χ4v) is 2.05. The van der Waals surface area contributed by atoms with Gasteiger partial charge in [0.15, 0.2) is 0 Å². The maximum Gasteiger partial charge on any atom is 0.254 e. The third-order valence-corrected chi connectivity index (χ3v) is 3.25. The summed E-state index contributed by atoms with van der Waals surface area (Å²) in [6, 6.07) is 6.04. The van der Waals surface area contributed by atoms with E-state index in [4.69, 9.17) is 0 Å². The zero-order chi connectivity index (χ0) is 12.3. The minimum atomic E-state index is -0.472. The van der Waals surface area contributed by atoms with Crippen LogP contribution >= 0.6 is 0 Å². The number of hydrogen-bond donors (Lipinski definition) is 2. The van der Waals surface area contributed by atoms with Crippen LogP contribution in [0.4, 0.5) is 4.39 Å². The highest BCUT2D eigenvalue weighted by Crippen LogP contribution is 2.23. The van der Waals surface area contributed by atoms with Gasteiger partial charge in [0.2, 0.25) is 0 Å². The molecule has 1 heterocycles. The molecule has 1 aromatic rings. The maximum atomic E-state index is 13.4. The van der Waals surface area contributed by atoms with Crippen LogP contribution in [0.1, 0.15) is 23.7 Å². The van der Waals surface area contributed by atoms with Gasteiger partial charge in [0.05, 0.1) is 5.56 Å². The summed E-state index contributed by atoms with van der Waals surface area (Å²) in [5, 5.41) is 6.07. The second-order valence-electron chi connectivity index (χ2n) is 4.90. The molecule has 1 saturated heterocycles. The summed E-state index contributed by atoms with van der Waals surface area (Å²) in [7, 11) is 0. The first-order valence-electron chi connectivity index (χ1n) is 5.84. The number of hydrogen-bond acceptors (Lipinski definition) is 2. The largest absolute Gasteiger partial charge is 0.351 e. The van der Waals surface area contributed by atoms with Gasteiger partial charge in [0, 0.05) is 13.1 Å². The van der Waals surface area contributed by atoms with Crippen LogP contribution in [0.25, 0.3) is 0 Å². The van der Waals surface area contributed by atoms with Crippen molar-refractivity contribution in [3.05, 3.63) is 35.6 Å². The first-order chi connectivity index (χ1) is 8.11. The molecule has 1 aromatic carbocycles. The van der Waals surface area contributed by atoms with E-state index in [0.29, 0.717) is 6.54 Å². The van der Waals surface area contributed by atoms with Crippen LogP contribution in [0.2, 0.25) is 0 Å². The highest BCUT2D eigenvalue weighted by molar-refractivity contribution is 5.94. The van der Waals surface area contributed by atoms with Crippen molar-refractivity contribution in [1.82, 2.24) is 10.6 Å². The number of rotatable bonds is 3. The molecule has 3 nitrogen and oxygen atoms in total. The second kappa shape index (κ2) is 4.84. The molecule has 0 saturated carbocycles. The first-order valence-corrected chi connectivity index (χ1v) is 5.84. The fraction of sp³-hybridized carbons (Fsp3) is 0.462. The van der Waals surface area contributed by atoms with E-state index in [0.717, 1.165) is 19.5 Å². The standard InChI is InChI=1S/C13H17FN2O/c1-13(6-7-15-8-13)9-16-12(17)10-4-2-3-5-11(10)14/h2-5,15H,6-9H2,1H3,(H,16,17). The molecule has 1 fully saturated rings. The smallest absolute Gasteiger partial charge is 0.254 e. The summed E-state index contributed by atoms with van der Waals surface area (Å²) >= 11 is 0. The summed E-state index contributed by atoms with van der Waals surface area (Å²) in [6.07, 6.45) is 1.03. The van der Waals surface area contributed by atoms with Crippen molar-refractivity contribution in [3.63, 3.8) is 0 Å². The van der Waals surface area contributed by atoms with Crippen molar-refractivity contribution in [2.24, 2.45) is 5.41 Å². The van der Waals surface area contributed by atoms with Crippen LogP contribution in [-0.2, 0) is 0 Å². The van der Waals surface area contributed by atoms with Crippen molar-refractivity contribution < 1.29 is 9.18 Å². The van der Waals surface area contributed by atoms with Crippen LogP contribution in [0, 0.1) is 11.2 Å². The molecule has 92 valence electrons. The van der Waals surface area contributed by atoms with Crippen LogP contribution in [-0.4, -0.2) is 25.5 Å². The van der Waals surface area contributed by atoms with Gasteiger partial charge < -0.3 is 10.6 Å². The van der Waals surface area contributed by atoms with E-state index >= 15 is 0 Å². The second-order valence-corrected chi connectivity index (χ2v) is 4.90. The lowest BCUT2D eigenvalue weighted by Crippen LogP contribution is -2.37. The number of benzene rings is 1. The maximum absolute atomic E-state index is 13.4. The molecule has 0 spiro atoms. The van der Waals surface area contributed by atoms with Crippen molar-refractivity contribution in [1.29, 1.82) is 0 Å². The molecule has 1 aliphatic rings. The van der Waals surface area contributed by atoms with E-state index in [9.17, 15) is 9.18 Å². The SMILES string of the molecule is CC1(CNC(=O)c2ccccc2F)CCNC1. The van der Waals surface area contributed by atoms with Gasteiger partial charge in [-0.25, -0.2) is 4.39 Å². The lowest BCUT2D eigenvalue weighted by molar-refractivity contribution is 0.0932. The minimum Gasteiger partial charge on any atom is -0.351 e. The zero-order valence-electron chi connectivity index (χ0n) is 9.92. The van der Waals surface area contributed by atoms with Crippen LogP contribution in [0.5, 0.6) is 0 Å². The Morgan fingerprint density at radius 2 is 2.29 bits per heavy atom. The Labute approximate surface area is 100 Å². The Balaban J connectivity index is 1.96. The molecule has 0 radical (unpaired) electrons. The first kappa shape index (κ1) is 12.0. The lowest BCUT2D eigenvalue weighted by Gasteiger charge is -2.22. The average Bonchev–Trinajstić information content (AvgIpc) is 2.74. The van der Waals surface area contributed by atoms with Gasteiger partial charge in [-0.05, 0) is 30.5 Å². The Morgan fingerprint density at radius 1 is 1.53 bits per heavy atom. The van der Waals surface area contributed by atoms with Crippen molar-refractivity contribution in [2.75, 3.05) is 19.6 Å². The van der Waals surface area contributed by atoms with E-state index in [2.05, 4.69) is 17.6 Å². The van der Waals surface area contributed by atoms with E-state index in [1.54, 1.807) is 12.1 Å². The predicted octanol–water partition coefficient (Wildman–Crippen LogP) is 1.56. The molecule has 1 atom stereocenters. The molecule has 0 aliphatic carbocycles. The number of amides is 1. The van der Waals surface area contributed by atoms with Gasteiger partial charge >= 0.3 is 0 Å². The average molecular weight is 236 g/mol. The summed E-state index contributed by atoms with van der Waals surface area (Å²) in [5.74, 6) is -0.809. The summed E-state index contributed by atoms with van der Waals surface area (Å²) in [4.78, 5) is 11.8. The molecule has 1 aliphatic heterocycles. The Morgan fingerprint density at radius 3 is 2.94 bits per heavy atom. The molecule has 0 aromatic heterocycles. The number of carbonyl (C=O) groups is 1. The van der Waals surface area contributed by atoms with Crippen LogP contribution in [0.3, 0.4) is 0 Å². The molecular formula is C13H17FN2O. The Kier molecular flexibility index (Phi) is 3.43. The van der Waals surface area contributed by atoms with E-state index in [-0.39, 0.29) is 16.9 Å². The normalized spacial score (nSPS) is 23.6. The van der Waals surface area contributed by atoms with Crippen LogP contribution in [0.15, 0.2) is 24.3 Å². The van der Waals surface area contributed by atoms with E-state index in [1.807, 2.05) is 0 Å². The van der Waals surface area contributed by atoms with Crippen molar-refractivity contribution in [3.8, 4) is 0 Å². The summed E-state index contributed by atoms with van der Waals surface area (Å²) in [5.41, 5.74) is 0.197. The fourth-order valence-electron chi connectivity index (χ4n) is 2.05. The van der Waals surface area contributed by atoms with Gasteiger partial charge in [-0.15, -0.1) is 0 Å². The predicted molar refractivity (Wildman–Crippen MR) is 64.3 cm³/mol. The van der Waals surface area contributed by atoms with Gasteiger partial charge in [-0.3, -0.25) is 4.79 Å². The molecule has 2 N–H and O–H groups in total. The monoisotopic (exact) mass is 236 g/mol. The summed E-state index contributed by atoms with van der Waals surface area (Å²) < 4.78 is 13.4. The molecule has 1 amide bonds. The van der Waals surface area contributed by atoms with E-state index < -0.39 is 5.82 Å². The minimum absolute atomic E-state index is 0.0842. The van der Waals surface area contributed by atoms with Gasteiger partial charge in [0.1, 0.15) is 5.82 Å². The molecule has 2 rings (SSSR count). The van der Waals surface area contributed by atoms with E-state index in [1.165, 1.54) is 12.1 Å². The van der Waals surface area contributed by atoms with Gasteiger partial charge in [-0.1, -0.05) is 19.1 Å². The Bertz CT molecular complexity index is 414. The van der Waals surface area contributed by atoms with Crippen molar-refractivity contribution in [2.45, 2.75) is 13.3 Å². The number of carbonyl (C=O) groups excluding carboxylic acids is 1. The number of nitrogens with one attached hydrogen (secondary N) is 2. The third-order valence-electron chi connectivity index (χ3n) is 3.25. The molecule has 4 heteroatoms.